The highest BCUT2D eigenvalue weighted by Crippen LogP contribution is 2.11. The Kier molecular flexibility index (Phi) is 3.65. The van der Waals surface area contributed by atoms with E-state index < -0.39 is 21.9 Å². The second-order valence-electron chi connectivity index (χ2n) is 3.33. The highest BCUT2D eigenvalue weighted by Gasteiger charge is 2.19. The number of nitrogens with zero attached hydrogens (tertiary/aromatic N) is 1. The second-order valence-corrected chi connectivity index (χ2v) is 5.43. The fraction of sp³-hybridized carbons (Fsp3) is 0.444. The monoisotopic (exact) mass is 230 g/mol. The van der Waals surface area contributed by atoms with Gasteiger partial charge in [0.2, 0.25) is 10.0 Å². The molecule has 1 atom stereocenters. The first kappa shape index (κ1) is 11.9. The number of aliphatic hydroxyl groups is 1. The van der Waals surface area contributed by atoms with Crippen LogP contribution in [0.2, 0.25) is 0 Å². The number of anilines is 1. The number of rotatable bonds is 4. The highest BCUT2D eigenvalue weighted by molar-refractivity contribution is 7.93. The van der Waals surface area contributed by atoms with Crippen LogP contribution in [0.5, 0.6) is 0 Å². The predicted molar refractivity (Wildman–Crippen MR) is 58.1 cm³/mol. The van der Waals surface area contributed by atoms with Crippen molar-refractivity contribution in [2.45, 2.75) is 19.1 Å². The predicted octanol–water partition coefficient (Wildman–Crippen LogP) is 0.513. The number of aryl methyl sites for hydroxylation is 1. The zero-order chi connectivity index (χ0) is 11.5. The van der Waals surface area contributed by atoms with Crippen molar-refractivity contribution in [3.05, 3.63) is 24.0 Å². The molecule has 0 spiro atoms. The third-order valence-corrected chi connectivity index (χ3v) is 3.67. The van der Waals surface area contributed by atoms with E-state index >= 15 is 0 Å². The molecule has 1 unspecified atom stereocenters. The molecule has 0 amide bonds. The van der Waals surface area contributed by atoms with Crippen LogP contribution in [-0.4, -0.2) is 30.4 Å². The third kappa shape index (κ3) is 3.17. The normalized spacial score (nSPS) is 13.5. The summed E-state index contributed by atoms with van der Waals surface area (Å²) in [6, 6.07) is 3.19. The van der Waals surface area contributed by atoms with Gasteiger partial charge in [0.25, 0.3) is 0 Å². The Bertz CT molecular complexity index is 431. The molecular weight excluding hydrogens is 216 g/mol. The molecule has 0 aliphatic heterocycles. The molecule has 0 saturated heterocycles. The lowest BCUT2D eigenvalue weighted by Gasteiger charge is -2.12. The standard InChI is InChI=1S/C9H14N2O3S/c1-7-5-9(3-4-10-7)11-15(13,14)8(2)6-12/h3-5,8,12H,6H2,1-2H3,(H,10,11). The van der Waals surface area contributed by atoms with Crippen molar-refractivity contribution in [2.24, 2.45) is 0 Å². The van der Waals surface area contributed by atoms with E-state index in [2.05, 4.69) is 9.71 Å². The number of sulfonamides is 1. The van der Waals surface area contributed by atoms with Gasteiger partial charge in [-0.2, -0.15) is 0 Å². The van der Waals surface area contributed by atoms with E-state index in [-0.39, 0.29) is 0 Å². The molecule has 2 N–H and O–H groups in total. The molecule has 15 heavy (non-hydrogen) atoms. The molecule has 0 radical (unpaired) electrons. The summed E-state index contributed by atoms with van der Waals surface area (Å²) >= 11 is 0. The lowest BCUT2D eigenvalue weighted by atomic mass is 10.3. The van der Waals surface area contributed by atoms with Gasteiger partial charge in [-0.1, -0.05) is 0 Å². The van der Waals surface area contributed by atoms with Crippen molar-refractivity contribution >= 4 is 15.7 Å². The van der Waals surface area contributed by atoms with E-state index in [1.165, 1.54) is 13.1 Å². The Morgan fingerprint density at radius 1 is 1.60 bits per heavy atom. The van der Waals surface area contributed by atoms with Crippen LogP contribution >= 0.6 is 0 Å². The van der Waals surface area contributed by atoms with Gasteiger partial charge in [-0.05, 0) is 26.0 Å². The lowest BCUT2D eigenvalue weighted by Crippen LogP contribution is -2.28. The van der Waals surface area contributed by atoms with Gasteiger partial charge in [-0.15, -0.1) is 0 Å². The van der Waals surface area contributed by atoms with Crippen LogP contribution < -0.4 is 4.72 Å². The van der Waals surface area contributed by atoms with Crippen LogP contribution in [-0.2, 0) is 10.0 Å². The van der Waals surface area contributed by atoms with Gasteiger partial charge in [0.1, 0.15) is 5.25 Å². The van der Waals surface area contributed by atoms with Crippen molar-refractivity contribution in [3.8, 4) is 0 Å². The van der Waals surface area contributed by atoms with Crippen molar-refractivity contribution in [1.82, 2.24) is 4.98 Å². The van der Waals surface area contributed by atoms with Crippen molar-refractivity contribution in [3.63, 3.8) is 0 Å². The molecule has 6 heteroatoms. The summed E-state index contributed by atoms with van der Waals surface area (Å²) in [6.07, 6.45) is 1.52. The third-order valence-electron chi connectivity index (χ3n) is 1.94. The fourth-order valence-corrected chi connectivity index (χ4v) is 1.82. The summed E-state index contributed by atoms with van der Waals surface area (Å²) in [5.41, 5.74) is 1.19. The van der Waals surface area contributed by atoms with Crippen LogP contribution in [0.25, 0.3) is 0 Å². The first-order chi connectivity index (χ1) is 6.95. The van der Waals surface area contributed by atoms with Crippen molar-refractivity contribution in [2.75, 3.05) is 11.3 Å². The van der Waals surface area contributed by atoms with Gasteiger partial charge in [0.15, 0.2) is 0 Å². The molecule has 0 aromatic carbocycles. The van der Waals surface area contributed by atoms with E-state index in [4.69, 9.17) is 5.11 Å². The largest absolute Gasteiger partial charge is 0.395 e. The Morgan fingerprint density at radius 2 is 2.27 bits per heavy atom. The first-order valence-corrected chi connectivity index (χ1v) is 6.05. The molecule has 0 aliphatic carbocycles. The van der Waals surface area contributed by atoms with Gasteiger partial charge in [-0.3, -0.25) is 9.71 Å². The SMILES string of the molecule is Cc1cc(NS(=O)(=O)C(C)CO)ccn1. The summed E-state index contributed by atoms with van der Waals surface area (Å²) in [5.74, 6) is 0. The first-order valence-electron chi connectivity index (χ1n) is 4.51. The smallest absolute Gasteiger partial charge is 0.237 e. The number of aliphatic hydroxyl groups excluding tert-OH is 1. The molecule has 0 saturated carbocycles. The van der Waals surface area contributed by atoms with E-state index in [0.29, 0.717) is 5.69 Å². The molecule has 84 valence electrons. The number of pyridine rings is 1. The molecule has 1 heterocycles. The minimum absolute atomic E-state index is 0.403. The van der Waals surface area contributed by atoms with Gasteiger partial charge >= 0.3 is 0 Å². The van der Waals surface area contributed by atoms with Crippen molar-refractivity contribution in [1.29, 1.82) is 0 Å². The maximum absolute atomic E-state index is 11.6. The lowest BCUT2D eigenvalue weighted by molar-refractivity contribution is 0.296. The Morgan fingerprint density at radius 3 is 2.80 bits per heavy atom. The topological polar surface area (TPSA) is 79.3 Å². The molecule has 0 bridgehead atoms. The second kappa shape index (κ2) is 4.59. The Balaban J connectivity index is 2.87. The molecule has 5 nitrogen and oxygen atoms in total. The number of nitrogens with one attached hydrogen (secondary N) is 1. The van der Waals surface area contributed by atoms with Gasteiger partial charge in [0, 0.05) is 11.9 Å². The Hall–Kier alpha value is -1.14. The van der Waals surface area contributed by atoms with Crippen LogP contribution in [0.4, 0.5) is 5.69 Å². The maximum atomic E-state index is 11.6. The van der Waals surface area contributed by atoms with E-state index in [1.54, 1.807) is 19.1 Å². The highest BCUT2D eigenvalue weighted by atomic mass is 32.2. The molecule has 0 fully saturated rings. The molecule has 0 aliphatic rings. The molecular formula is C9H14N2O3S. The van der Waals surface area contributed by atoms with Crippen LogP contribution in [0.15, 0.2) is 18.3 Å². The van der Waals surface area contributed by atoms with Crippen LogP contribution in [0.1, 0.15) is 12.6 Å². The molecule has 1 aromatic rings. The average molecular weight is 230 g/mol. The number of hydrogen-bond acceptors (Lipinski definition) is 4. The number of hydrogen-bond donors (Lipinski definition) is 2. The summed E-state index contributed by atoms with van der Waals surface area (Å²) in [4.78, 5) is 3.95. The Labute approximate surface area is 89.2 Å². The summed E-state index contributed by atoms with van der Waals surface area (Å²) < 4.78 is 25.5. The minimum atomic E-state index is -3.51. The molecule has 1 aromatic heterocycles. The van der Waals surface area contributed by atoms with Crippen molar-refractivity contribution < 1.29 is 13.5 Å². The quantitative estimate of drug-likeness (QED) is 0.790. The zero-order valence-electron chi connectivity index (χ0n) is 8.64. The summed E-state index contributed by atoms with van der Waals surface area (Å²) in [7, 11) is -3.51. The summed E-state index contributed by atoms with van der Waals surface area (Å²) in [5, 5.41) is 7.94. The summed E-state index contributed by atoms with van der Waals surface area (Å²) in [6.45, 7) is 2.81. The average Bonchev–Trinajstić information content (AvgIpc) is 2.15. The van der Waals surface area contributed by atoms with E-state index in [9.17, 15) is 8.42 Å². The fourth-order valence-electron chi connectivity index (χ4n) is 0.972. The van der Waals surface area contributed by atoms with Gasteiger partial charge in [-0.25, -0.2) is 8.42 Å². The van der Waals surface area contributed by atoms with Crippen LogP contribution in [0, 0.1) is 6.92 Å². The van der Waals surface area contributed by atoms with Crippen LogP contribution in [0.3, 0.4) is 0 Å². The molecule has 1 rings (SSSR count). The minimum Gasteiger partial charge on any atom is -0.395 e. The van der Waals surface area contributed by atoms with Gasteiger partial charge < -0.3 is 5.11 Å². The van der Waals surface area contributed by atoms with E-state index in [0.717, 1.165) is 5.69 Å². The zero-order valence-corrected chi connectivity index (χ0v) is 9.45. The van der Waals surface area contributed by atoms with Gasteiger partial charge in [0.05, 0.1) is 12.3 Å². The maximum Gasteiger partial charge on any atom is 0.237 e. The number of aromatic nitrogens is 1. The van der Waals surface area contributed by atoms with E-state index in [1.807, 2.05) is 0 Å².